The van der Waals surface area contributed by atoms with Gasteiger partial charge in [0.2, 0.25) is 5.91 Å². The maximum Gasteiger partial charge on any atom is 0.240 e. The van der Waals surface area contributed by atoms with E-state index in [2.05, 4.69) is 21.8 Å². The molecule has 1 saturated heterocycles. The molecule has 0 radical (unpaired) electrons. The number of rotatable bonds is 6. The molecule has 2 heterocycles. The Labute approximate surface area is 221 Å². The highest BCUT2D eigenvalue weighted by Gasteiger charge is 2.21. The molecule has 1 fully saturated rings. The van der Waals surface area contributed by atoms with Gasteiger partial charge < -0.3 is 19.9 Å². The van der Waals surface area contributed by atoms with Gasteiger partial charge in [-0.3, -0.25) is 9.69 Å². The number of allylic oxidation sites excluding steroid dienone is 1. The number of aromatic hydroxyl groups is 1. The molecule has 5 rings (SSSR count). The van der Waals surface area contributed by atoms with Crippen LogP contribution in [0.25, 0.3) is 12.2 Å². The van der Waals surface area contributed by atoms with Crippen molar-refractivity contribution in [1.82, 2.24) is 14.8 Å². The Kier molecular flexibility index (Phi) is 7.38. The number of anilines is 1. The molecule has 0 bridgehead atoms. The van der Waals surface area contributed by atoms with Crippen LogP contribution in [0, 0.1) is 0 Å². The van der Waals surface area contributed by atoms with Crippen molar-refractivity contribution in [3.63, 3.8) is 0 Å². The first kappa shape index (κ1) is 25.4. The van der Waals surface area contributed by atoms with Gasteiger partial charge in [-0.2, -0.15) is 0 Å². The van der Waals surface area contributed by atoms with Gasteiger partial charge in [0.15, 0.2) is 5.88 Å². The van der Waals surface area contributed by atoms with Crippen LogP contribution in [0.1, 0.15) is 17.5 Å². The minimum absolute atomic E-state index is 0.0110. The zero-order valence-corrected chi connectivity index (χ0v) is 21.6. The fourth-order valence-corrected chi connectivity index (χ4v) is 4.79. The van der Waals surface area contributed by atoms with Crippen LogP contribution >= 0.6 is 0 Å². The monoisotopic (exact) mass is 509 g/mol. The van der Waals surface area contributed by atoms with E-state index in [-0.39, 0.29) is 11.8 Å². The molecule has 0 spiro atoms. The second-order valence-electron chi connectivity index (χ2n) is 9.73. The van der Waals surface area contributed by atoms with Gasteiger partial charge in [-0.15, -0.1) is 0 Å². The lowest BCUT2D eigenvalue weighted by atomic mass is 9.99. The van der Waals surface area contributed by atoms with Gasteiger partial charge in [0.25, 0.3) is 0 Å². The van der Waals surface area contributed by atoms with Gasteiger partial charge in [0.1, 0.15) is 5.94 Å². The molecule has 2 aromatic carbocycles. The predicted molar refractivity (Wildman–Crippen MR) is 150 cm³/mol. The number of aromatic nitrogens is 1. The highest BCUT2D eigenvalue weighted by molar-refractivity contribution is 6.15. The van der Waals surface area contributed by atoms with E-state index in [1.807, 2.05) is 66.6 Å². The van der Waals surface area contributed by atoms with Crippen molar-refractivity contribution in [3.8, 4) is 5.88 Å². The molecular formula is C30H31N5O3. The van der Waals surface area contributed by atoms with Gasteiger partial charge >= 0.3 is 0 Å². The third-order valence-electron chi connectivity index (χ3n) is 7.12. The summed E-state index contributed by atoms with van der Waals surface area (Å²) in [5.74, 6) is 1.98. The summed E-state index contributed by atoms with van der Waals surface area (Å²) in [6, 6.07) is 17.2. The summed E-state index contributed by atoms with van der Waals surface area (Å²) in [7, 11) is 3.90. The van der Waals surface area contributed by atoms with E-state index < -0.39 is 0 Å². The third-order valence-corrected chi connectivity index (χ3v) is 7.12. The summed E-state index contributed by atoms with van der Waals surface area (Å²) in [6.07, 6.45) is 4.05. The Balaban J connectivity index is 1.44. The summed E-state index contributed by atoms with van der Waals surface area (Å²) in [4.78, 5) is 38.1. The molecule has 2 N–H and O–H groups in total. The van der Waals surface area contributed by atoms with E-state index in [0.717, 1.165) is 42.6 Å². The number of piperazine rings is 1. The van der Waals surface area contributed by atoms with E-state index >= 15 is 0 Å². The molecule has 8 heteroatoms. The van der Waals surface area contributed by atoms with E-state index in [0.29, 0.717) is 40.9 Å². The number of H-pyrrole nitrogens is 1. The highest BCUT2D eigenvalue weighted by atomic mass is 16.3. The fourth-order valence-electron chi connectivity index (χ4n) is 4.79. The minimum Gasteiger partial charge on any atom is -0.494 e. The van der Waals surface area contributed by atoms with Crippen LogP contribution < -0.4 is 15.5 Å². The van der Waals surface area contributed by atoms with Crippen LogP contribution in [0.5, 0.6) is 5.88 Å². The lowest BCUT2D eigenvalue weighted by Crippen LogP contribution is -2.48. The number of carbonyl (C=O) groups is 1. The molecule has 1 aliphatic heterocycles. The van der Waals surface area contributed by atoms with Crippen LogP contribution in [0.4, 0.5) is 11.4 Å². The number of likely N-dealkylation sites (N-methyl/N-ethyl adjacent to an activating group) is 2. The molecule has 0 atom stereocenters. The first-order chi connectivity index (χ1) is 18.4. The molecule has 2 aliphatic rings. The minimum atomic E-state index is -0.0110. The van der Waals surface area contributed by atoms with Gasteiger partial charge in [-0.25, -0.2) is 9.79 Å². The SMILES string of the molecule is CN1CCN(CC(=O)N(C)c2ccc(N=C(c3ccccc3)c3c(O)[nH]c4c3=CCC(=C=O)C=4)cc2)CC1. The number of nitrogens with zero attached hydrogens (tertiary/aromatic N) is 4. The van der Waals surface area contributed by atoms with Crippen LogP contribution in [0.2, 0.25) is 0 Å². The molecular weight excluding hydrogens is 478 g/mol. The number of nitrogens with one attached hydrogen (secondary N) is 1. The van der Waals surface area contributed by atoms with Crippen LogP contribution in [0.15, 0.2) is 65.2 Å². The van der Waals surface area contributed by atoms with E-state index in [1.165, 1.54) is 0 Å². The lowest BCUT2D eigenvalue weighted by Gasteiger charge is -2.32. The number of fused-ring (bicyclic) bond motifs is 1. The predicted octanol–water partition coefficient (Wildman–Crippen LogP) is 1.82. The smallest absolute Gasteiger partial charge is 0.240 e. The normalized spacial score (nSPS) is 16.3. The average molecular weight is 510 g/mol. The Morgan fingerprint density at radius 3 is 2.47 bits per heavy atom. The lowest BCUT2D eigenvalue weighted by molar-refractivity contribution is -0.119. The van der Waals surface area contributed by atoms with Crippen LogP contribution in [-0.4, -0.2) is 84.3 Å². The van der Waals surface area contributed by atoms with Gasteiger partial charge in [-0.05, 0) is 37.4 Å². The Morgan fingerprint density at radius 1 is 1.08 bits per heavy atom. The number of carbonyl (C=O) groups excluding carboxylic acids is 2. The molecule has 38 heavy (non-hydrogen) atoms. The van der Waals surface area contributed by atoms with Gasteiger partial charge in [0.05, 0.1) is 23.5 Å². The standard InChI is InChI=1S/C30H31N5O3/c1-33-14-16-35(17-15-33)19-27(37)34(2)24-11-9-23(10-12-24)31-29(22-6-4-3-5-7-22)28-25-13-8-21(20-36)18-26(25)32-30(28)38/h3-7,9-13,18,32,38H,8,14-17,19H2,1-2H3. The van der Waals surface area contributed by atoms with Gasteiger partial charge in [0, 0.05) is 67.0 Å². The van der Waals surface area contributed by atoms with E-state index in [4.69, 9.17) is 4.99 Å². The van der Waals surface area contributed by atoms with Gasteiger partial charge in [-0.1, -0.05) is 36.4 Å². The molecule has 8 nitrogen and oxygen atoms in total. The summed E-state index contributed by atoms with van der Waals surface area (Å²) in [6.45, 7) is 4.12. The van der Waals surface area contributed by atoms with Crippen molar-refractivity contribution >= 4 is 41.1 Å². The largest absolute Gasteiger partial charge is 0.494 e. The molecule has 0 saturated carbocycles. The van der Waals surface area contributed by atoms with Crippen LogP contribution in [-0.2, 0) is 9.59 Å². The molecule has 0 unspecified atom stereocenters. The molecule has 1 aliphatic carbocycles. The number of amides is 1. The Morgan fingerprint density at radius 2 is 1.79 bits per heavy atom. The van der Waals surface area contributed by atoms with E-state index in [9.17, 15) is 14.7 Å². The quantitative estimate of drug-likeness (QED) is 0.391. The maximum absolute atomic E-state index is 12.9. The summed E-state index contributed by atoms with van der Waals surface area (Å²) in [5, 5.41) is 12.3. The first-order valence-corrected chi connectivity index (χ1v) is 12.7. The third kappa shape index (κ3) is 5.38. The topological polar surface area (TPSA) is 92.2 Å². The number of aliphatic imine (C=N–C) groups is 1. The molecule has 1 amide bonds. The summed E-state index contributed by atoms with van der Waals surface area (Å²) < 4.78 is 0. The number of hydrogen-bond acceptors (Lipinski definition) is 6. The molecule has 3 aromatic rings. The molecule has 194 valence electrons. The molecule has 1 aromatic heterocycles. The number of aromatic amines is 1. The average Bonchev–Trinajstić information content (AvgIpc) is 3.27. The van der Waals surface area contributed by atoms with Crippen molar-refractivity contribution < 1.29 is 14.7 Å². The zero-order valence-electron chi connectivity index (χ0n) is 21.6. The Bertz CT molecular complexity index is 1520. The van der Waals surface area contributed by atoms with Crippen molar-refractivity contribution in [2.24, 2.45) is 4.99 Å². The number of hydrogen-bond donors (Lipinski definition) is 2. The highest BCUT2D eigenvalue weighted by Crippen LogP contribution is 2.24. The number of benzene rings is 2. The summed E-state index contributed by atoms with van der Waals surface area (Å²) in [5.41, 5.74) is 4.04. The van der Waals surface area contributed by atoms with Crippen molar-refractivity contribution in [2.75, 3.05) is 51.7 Å². The summed E-state index contributed by atoms with van der Waals surface area (Å²) >= 11 is 0. The second-order valence-corrected chi connectivity index (χ2v) is 9.73. The van der Waals surface area contributed by atoms with E-state index in [1.54, 1.807) is 18.0 Å². The van der Waals surface area contributed by atoms with Crippen molar-refractivity contribution in [2.45, 2.75) is 6.42 Å². The first-order valence-electron chi connectivity index (χ1n) is 12.7. The fraction of sp³-hybridized carbons (Fsp3) is 0.267. The van der Waals surface area contributed by atoms with Crippen molar-refractivity contribution in [1.29, 1.82) is 0 Å². The zero-order chi connectivity index (χ0) is 26.6. The second kappa shape index (κ2) is 11.0. The Hall–Kier alpha value is -4.23. The van der Waals surface area contributed by atoms with Crippen molar-refractivity contribution in [3.05, 3.63) is 81.9 Å². The maximum atomic E-state index is 12.9. The van der Waals surface area contributed by atoms with Crippen LogP contribution in [0.3, 0.4) is 0 Å².